The second kappa shape index (κ2) is 5.39. The van der Waals surface area contributed by atoms with Gasteiger partial charge in [0.05, 0.1) is 11.3 Å². The first-order valence-electron chi connectivity index (χ1n) is 7.32. The SMILES string of the molecule is N=c1cc2c(cn1-c1ccccc1Br)C(=O)c1ccccc1C2=O. The molecule has 1 heterocycles. The Hall–Kier alpha value is -2.79. The molecule has 1 aliphatic carbocycles. The van der Waals surface area contributed by atoms with Crippen molar-refractivity contribution >= 4 is 27.5 Å². The van der Waals surface area contributed by atoms with Crippen molar-refractivity contribution in [3.8, 4) is 5.69 Å². The highest BCUT2D eigenvalue weighted by Gasteiger charge is 2.30. The predicted molar refractivity (Wildman–Crippen MR) is 92.6 cm³/mol. The van der Waals surface area contributed by atoms with Crippen LogP contribution in [-0.2, 0) is 0 Å². The van der Waals surface area contributed by atoms with Crippen LogP contribution in [0.15, 0.2) is 65.3 Å². The van der Waals surface area contributed by atoms with Gasteiger partial charge in [0, 0.05) is 27.4 Å². The van der Waals surface area contributed by atoms with Gasteiger partial charge in [0.25, 0.3) is 0 Å². The van der Waals surface area contributed by atoms with Gasteiger partial charge in [-0.15, -0.1) is 0 Å². The molecule has 4 rings (SSSR count). The monoisotopic (exact) mass is 378 g/mol. The lowest BCUT2D eigenvalue weighted by Gasteiger charge is -2.19. The molecule has 0 spiro atoms. The molecule has 2 aromatic carbocycles. The summed E-state index contributed by atoms with van der Waals surface area (Å²) >= 11 is 3.46. The quantitative estimate of drug-likeness (QED) is 0.550. The van der Waals surface area contributed by atoms with E-state index >= 15 is 0 Å². The summed E-state index contributed by atoms with van der Waals surface area (Å²) in [6.45, 7) is 0. The highest BCUT2D eigenvalue weighted by atomic mass is 79.9. The van der Waals surface area contributed by atoms with Gasteiger partial charge < -0.3 is 4.57 Å². The average Bonchev–Trinajstić information content (AvgIpc) is 2.60. The van der Waals surface area contributed by atoms with Crippen LogP contribution in [0.4, 0.5) is 0 Å². The highest BCUT2D eigenvalue weighted by molar-refractivity contribution is 9.10. The van der Waals surface area contributed by atoms with Crippen LogP contribution in [0.25, 0.3) is 5.69 Å². The number of halogens is 1. The van der Waals surface area contributed by atoms with Gasteiger partial charge in [-0.3, -0.25) is 15.0 Å². The third kappa shape index (κ3) is 2.09. The zero-order valence-corrected chi connectivity index (χ0v) is 14.0. The second-order valence-corrected chi connectivity index (χ2v) is 6.37. The van der Waals surface area contributed by atoms with E-state index in [-0.39, 0.29) is 22.6 Å². The molecule has 24 heavy (non-hydrogen) atoms. The van der Waals surface area contributed by atoms with Crippen molar-refractivity contribution < 1.29 is 9.59 Å². The van der Waals surface area contributed by atoms with Crippen molar-refractivity contribution in [1.29, 1.82) is 5.41 Å². The van der Waals surface area contributed by atoms with E-state index in [1.807, 2.05) is 24.3 Å². The molecule has 1 aliphatic rings. The van der Waals surface area contributed by atoms with Crippen molar-refractivity contribution in [2.45, 2.75) is 0 Å². The van der Waals surface area contributed by atoms with Crippen molar-refractivity contribution in [2.75, 3.05) is 0 Å². The minimum absolute atomic E-state index is 0.140. The number of carbonyl (C=O) groups is 2. The van der Waals surface area contributed by atoms with Crippen molar-refractivity contribution in [2.24, 2.45) is 0 Å². The van der Waals surface area contributed by atoms with E-state index in [1.54, 1.807) is 35.0 Å². The lowest BCUT2D eigenvalue weighted by Crippen LogP contribution is -2.27. The molecule has 0 aliphatic heterocycles. The zero-order chi connectivity index (χ0) is 16.8. The summed E-state index contributed by atoms with van der Waals surface area (Å²) < 4.78 is 2.40. The number of hydrogen-bond donors (Lipinski definition) is 1. The molecule has 0 fully saturated rings. The Kier molecular flexibility index (Phi) is 3.32. The summed E-state index contributed by atoms with van der Waals surface area (Å²) in [6, 6.07) is 15.7. The van der Waals surface area contributed by atoms with Crippen molar-refractivity contribution in [1.82, 2.24) is 4.57 Å². The standard InChI is InChI=1S/C19H11BrN2O2/c20-15-7-3-4-8-16(15)22-10-14-13(9-17(22)21)18(23)11-5-1-2-6-12(11)19(14)24/h1-10,21H. The van der Waals surface area contributed by atoms with Gasteiger partial charge in [0.2, 0.25) is 0 Å². The topological polar surface area (TPSA) is 62.9 Å². The van der Waals surface area contributed by atoms with Crippen LogP contribution >= 0.6 is 15.9 Å². The highest BCUT2D eigenvalue weighted by Crippen LogP contribution is 2.27. The first kappa shape index (κ1) is 14.8. The van der Waals surface area contributed by atoms with Gasteiger partial charge in [-0.2, -0.15) is 0 Å². The number of fused-ring (bicyclic) bond motifs is 2. The summed E-state index contributed by atoms with van der Waals surface area (Å²) in [4.78, 5) is 25.5. The maximum atomic E-state index is 12.8. The molecule has 4 nitrogen and oxygen atoms in total. The maximum absolute atomic E-state index is 12.8. The molecule has 3 aromatic rings. The molecule has 116 valence electrons. The predicted octanol–water partition coefficient (Wildman–Crippen LogP) is 3.49. The van der Waals surface area contributed by atoms with Crippen LogP contribution in [0, 0.1) is 5.41 Å². The Bertz CT molecular complexity index is 1080. The fraction of sp³-hybridized carbons (Fsp3) is 0. The van der Waals surface area contributed by atoms with E-state index in [0.717, 1.165) is 10.2 Å². The van der Waals surface area contributed by atoms with Crippen LogP contribution in [0.5, 0.6) is 0 Å². The number of benzene rings is 2. The third-order valence-corrected chi connectivity index (χ3v) is 4.78. The molecule has 0 atom stereocenters. The number of rotatable bonds is 1. The molecule has 5 heteroatoms. The van der Waals surface area contributed by atoms with Crippen LogP contribution < -0.4 is 5.49 Å². The minimum Gasteiger partial charge on any atom is -0.300 e. The second-order valence-electron chi connectivity index (χ2n) is 5.51. The van der Waals surface area contributed by atoms with E-state index < -0.39 is 0 Å². The lowest BCUT2D eigenvalue weighted by molar-refractivity contribution is 0.0978. The molecule has 0 amide bonds. The van der Waals surface area contributed by atoms with E-state index in [2.05, 4.69) is 15.9 Å². The fourth-order valence-electron chi connectivity index (χ4n) is 2.94. The average molecular weight is 379 g/mol. The fourth-order valence-corrected chi connectivity index (χ4v) is 3.41. The Morgan fingerprint density at radius 1 is 0.792 bits per heavy atom. The largest absolute Gasteiger partial charge is 0.300 e. The van der Waals surface area contributed by atoms with E-state index in [9.17, 15) is 9.59 Å². The van der Waals surface area contributed by atoms with Crippen LogP contribution in [0.3, 0.4) is 0 Å². The summed E-state index contributed by atoms with van der Waals surface area (Å²) in [5.41, 5.74) is 2.29. The molecular formula is C19H11BrN2O2. The molecule has 1 aromatic heterocycles. The van der Waals surface area contributed by atoms with Gasteiger partial charge in [-0.1, -0.05) is 36.4 Å². The number of hydrogen-bond acceptors (Lipinski definition) is 3. The maximum Gasteiger partial charge on any atom is 0.196 e. The van der Waals surface area contributed by atoms with Crippen LogP contribution in [-0.4, -0.2) is 16.1 Å². The van der Waals surface area contributed by atoms with Crippen molar-refractivity contribution in [3.05, 3.63) is 93.0 Å². The normalized spacial score (nSPS) is 12.7. The Balaban J connectivity index is 1.99. The van der Waals surface area contributed by atoms with Crippen LogP contribution in [0.2, 0.25) is 0 Å². The number of aromatic nitrogens is 1. The van der Waals surface area contributed by atoms with Gasteiger partial charge >= 0.3 is 0 Å². The number of nitrogens with zero attached hydrogens (tertiary/aromatic N) is 1. The Morgan fingerprint density at radius 2 is 1.38 bits per heavy atom. The molecule has 0 radical (unpaired) electrons. The lowest BCUT2D eigenvalue weighted by atomic mass is 9.85. The Morgan fingerprint density at radius 3 is 2.04 bits per heavy atom. The molecule has 0 unspecified atom stereocenters. The number of pyridine rings is 1. The minimum atomic E-state index is -0.215. The summed E-state index contributed by atoms with van der Waals surface area (Å²) in [6.07, 6.45) is 1.58. The van der Waals surface area contributed by atoms with E-state index in [4.69, 9.17) is 5.41 Å². The molecule has 0 saturated heterocycles. The summed E-state index contributed by atoms with van der Waals surface area (Å²) in [7, 11) is 0. The first-order valence-corrected chi connectivity index (χ1v) is 8.12. The van der Waals surface area contributed by atoms with E-state index in [1.165, 1.54) is 6.07 Å². The third-order valence-electron chi connectivity index (χ3n) is 4.11. The summed E-state index contributed by atoms with van der Waals surface area (Å²) in [5, 5.41) is 8.26. The van der Waals surface area contributed by atoms with Crippen LogP contribution in [0.1, 0.15) is 31.8 Å². The van der Waals surface area contributed by atoms with E-state index in [0.29, 0.717) is 16.7 Å². The van der Waals surface area contributed by atoms with Gasteiger partial charge in [0.1, 0.15) is 5.49 Å². The van der Waals surface area contributed by atoms with Gasteiger partial charge in [-0.05, 0) is 34.1 Å². The first-order chi connectivity index (χ1) is 11.6. The van der Waals surface area contributed by atoms with Crippen molar-refractivity contribution in [3.63, 3.8) is 0 Å². The number of nitrogens with one attached hydrogen (secondary N) is 1. The smallest absolute Gasteiger partial charge is 0.196 e. The number of para-hydroxylation sites is 1. The number of ketones is 2. The van der Waals surface area contributed by atoms with Gasteiger partial charge in [0.15, 0.2) is 11.6 Å². The number of carbonyl (C=O) groups excluding carboxylic acids is 2. The zero-order valence-electron chi connectivity index (χ0n) is 12.4. The molecular weight excluding hydrogens is 368 g/mol. The molecule has 0 bridgehead atoms. The Labute approximate surface area is 146 Å². The van der Waals surface area contributed by atoms with Gasteiger partial charge in [-0.25, -0.2) is 0 Å². The molecule has 1 N–H and O–H groups in total. The summed E-state index contributed by atoms with van der Waals surface area (Å²) in [5.74, 6) is -0.408. The molecule has 0 saturated carbocycles.